The molecule has 6 heteroatoms. The van der Waals surface area contributed by atoms with Crippen molar-refractivity contribution in [3.8, 4) is 0 Å². The number of nitrogens with zero attached hydrogens (tertiary/aromatic N) is 3. The normalized spacial score (nSPS) is 10.4. The van der Waals surface area contributed by atoms with Gasteiger partial charge in [0.25, 0.3) is 5.69 Å². The van der Waals surface area contributed by atoms with Crippen molar-refractivity contribution in [1.82, 2.24) is 4.90 Å². The number of anilines is 1. The molecule has 0 heterocycles. The minimum Gasteiger partial charge on any atom is -0.315 e. The molecule has 1 rings (SSSR count). The van der Waals surface area contributed by atoms with Crippen LogP contribution in [0.4, 0.5) is 11.4 Å². The van der Waals surface area contributed by atoms with Crippen molar-refractivity contribution < 1.29 is 9.72 Å². The molecule has 0 aliphatic heterocycles. The van der Waals surface area contributed by atoms with E-state index >= 15 is 0 Å². The van der Waals surface area contributed by atoms with Crippen LogP contribution in [0.15, 0.2) is 24.3 Å². The van der Waals surface area contributed by atoms with Gasteiger partial charge in [-0.25, -0.2) is 0 Å². The first-order valence-corrected chi connectivity index (χ1v) is 5.57. The lowest BCUT2D eigenvalue weighted by molar-refractivity contribution is -0.384. The van der Waals surface area contributed by atoms with Crippen LogP contribution < -0.4 is 4.90 Å². The van der Waals surface area contributed by atoms with Gasteiger partial charge in [-0.2, -0.15) is 0 Å². The zero-order chi connectivity index (χ0) is 13.7. The third-order valence-corrected chi connectivity index (χ3v) is 2.59. The van der Waals surface area contributed by atoms with E-state index in [0.717, 1.165) is 0 Å². The number of non-ortho nitro benzene ring substituents is 1. The summed E-state index contributed by atoms with van der Waals surface area (Å²) < 4.78 is 0. The average Bonchev–Trinajstić information content (AvgIpc) is 2.35. The molecule has 1 aromatic rings. The van der Waals surface area contributed by atoms with Gasteiger partial charge in [-0.3, -0.25) is 14.9 Å². The maximum Gasteiger partial charge on any atom is 0.269 e. The second-order valence-electron chi connectivity index (χ2n) is 4.28. The fourth-order valence-corrected chi connectivity index (χ4v) is 1.43. The Hall–Kier alpha value is -1.95. The van der Waals surface area contributed by atoms with Gasteiger partial charge < -0.3 is 9.80 Å². The van der Waals surface area contributed by atoms with E-state index in [9.17, 15) is 14.9 Å². The molecule has 0 bridgehead atoms. The zero-order valence-corrected chi connectivity index (χ0v) is 10.8. The van der Waals surface area contributed by atoms with Crippen molar-refractivity contribution >= 4 is 17.3 Å². The predicted octanol–water partition coefficient (Wildman–Crippen LogP) is 1.51. The van der Waals surface area contributed by atoms with Crippen molar-refractivity contribution in [3.05, 3.63) is 34.4 Å². The van der Waals surface area contributed by atoms with Crippen LogP contribution in [-0.4, -0.2) is 43.4 Å². The standard InChI is InChI=1S/C12H17N3O3/c1-13(2)9-8-12(16)14(3)10-4-6-11(7-5-10)15(17)18/h4-7H,8-9H2,1-3H3. The summed E-state index contributed by atoms with van der Waals surface area (Å²) in [7, 11) is 5.47. The highest BCUT2D eigenvalue weighted by atomic mass is 16.6. The number of carbonyl (C=O) groups excluding carboxylic acids is 1. The Balaban J connectivity index is 2.68. The average molecular weight is 251 g/mol. The minimum atomic E-state index is -0.461. The molecule has 0 unspecified atom stereocenters. The van der Waals surface area contributed by atoms with Gasteiger partial charge in [0.05, 0.1) is 4.92 Å². The zero-order valence-electron chi connectivity index (χ0n) is 10.8. The van der Waals surface area contributed by atoms with Crippen LogP contribution in [-0.2, 0) is 4.79 Å². The lowest BCUT2D eigenvalue weighted by Gasteiger charge is -2.18. The van der Waals surface area contributed by atoms with E-state index in [1.54, 1.807) is 19.2 Å². The first-order valence-electron chi connectivity index (χ1n) is 5.57. The van der Waals surface area contributed by atoms with E-state index in [1.165, 1.54) is 17.0 Å². The number of amides is 1. The van der Waals surface area contributed by atoms with Gasteiger partial charge in [-0.1, -0.05) is 0 Å². The second-order valence-corrected chi connectivity index (χ2v) is 4.28. The van der Waals surface area contributed by atoms with E-state index < -0.39 is 4.92 Å². The molecular weight excluding hydrogens is 234 g/mol. The number of hydrogen-bond acceptors (Lipinski definition) is 4. The summed E-state index contributed by atoms with van der Waals surface area (Å²) in [6, 6.07) is 5.94. The van der Waals surface area contributed by atoms with Gasteiger partial charge in [0, 0.05) is 37.8 Å². The minimum absolute atomic E-state index is 0.0162. The molecule has 0 aliphatic carbocycles. The summed E-state index contributed by atoms with van der Waals surface area (Å²) in [6.45, 7) is 0.677. The van der Waals surface area contributed by atoms with Gasteiger partial charge >= 0.3 is 0 Å². The van der Waals surface area contributed by atoms with Crippen LogP contribution in [0.5, 0.6) is 0 Å². The molecule has 98 valence electrons. The van der Waals surface area contributed by atoms with E-state index in [-0.39, 0.29) is 11.6 Å². The van der Waals surface area contributed by atoms with Gasteiger partial charge in [-0.15, -0.1) is 0 Å². The van der Waals surface area contributed by atoms with Gasteiger partial charge in [-0.05, 0) is 26.2 Å². The number of nitro groups is 1. The monoisotopic (exact) mass is 251 g/mol. The number of benzene rings is 1. The third-order valence-electron chi connectivity index (χ3n) is 2.59. The Bertz CT molecular complexity index is 429. The fourth-order valence-electron chi connectivity index (χ4n) is 1.43. The third kappa shape index (κ3) is 3.81. The molecule has 1 aromatic carbocycles. The maximum absolute atomic E-state index is 11.8. The Morgan fingerprint density at radius 1 is 1.22 bits per heavy atom. The predicted molar refractivity (Wildman–Crippen MR) is 69.7 cm³/mol. The lowest BCUT2D eigenvalue weighted by atomic mass is 10.2. The Labute approximate surface area is 106 Å². The van der Waals surface area contributed by atoms with E-state index in [2.05, 4.69) is 0 Å². The largest absolute Gasteiger partial charge is 0.315 e. The molecule has 18 heavy (non-hydrogen) atoms. The molecule has 0 atom stereocenters. The van der Waals surface area contributed by atoms with Crippen LogP contribution in [0.25, 0.3) is 0 Å². The second kappa shape index (κ2) is 6.11. The van der Waals surface area contributed by atoms with Gasteiger partial charge in [0.15, 0.2) is 0 Å². The molecule has 0 aromatic heterocycles. The number of rotatable bonds is 5. The molecule has 0 spiro atoms. The van der Waals surface area contributed by atoms with E-state index in [1.807, 2.05) is 19.0 Å². The fraction of sp³-hybridized carbons (Fsp3) is 0.417. The molecule has 0 saturated carbocycles. The topological polar surface area (TPSA) is 66.7 Å². The maximum atomic E-state index is 11.8. The molecule has 1 amide bonds. The molecule has 0 saturated heterocycles. The molecule has 0 fully saturated rings. The highest BCUT2D eigenvalue weighted by Crippen LogP contribution is 2.18. The van der Waals surface area contributed by atoms with E-state index in [4.69, 9.17) is 0 Å². The first-order chi connectivity index (χ1) is 8.41. The summed E-state index contributed by atoms with van der Waals surface area (Å²) in [4.78, 5) is 25.3. The molecule has 0 radical (unpaired) electrons. The van der Waals surface area contributed by atoms with Crippen LogP contribution >= 0.6 is 0 Å². The molecule has 0 N–H and O–H groups in total. The van der Waals surface area contributed by atoms with Crippen molar-refractivity contribution in [2.45, 2.75) is 6.42 Å². The summed E-state index contributed by atoms with van der Waals surface area (Å²) in [5.41, 5.74) is 0.678. The Morgan fingerprint density at radius 3 is 2.22 bits per heavy atom. The highest BCUT2D eigenvalue weighted by molar-refractivity contribution is 5.92. The molecule has 0 aliphatic rings. The molecule has 6 nitrogen and oxygen atoms in total. The number of nitro benzene ring substituents is 1. The lowest BCUT2D eigenvalue weighted by Crippen LogP contribution is -2.29. The summed E-state index contributed by atoms with van der Waals surface area (Å²) in [5, 5.41) is 10.5. The van der Waals surface area contributed by atoms with Crippen molar-refractivity contribution in [2.24, 2.45) is 0 Å². The van der Waals surface area contributed by atoms with Crippen molar-refractivity contribution in [2.75, 3.05) is 32.6 Å². The Kier molecular flexibility index (Phi) is 4.79. The summed E-state index contributed by atoms with van der Waals surface area (Å²) in [6.07, 6.45) is 0.417. The van der Waals surface area contributed by atoms with Crippen molar-refractivity contribution in [1.29, 1.82) is 0 Å². The number of hydrogen-bond donors (Lipinski definition) is 0. The van der Waals surface area contributed by atoms with Gasteiger partial charge in [0.1, 0.15) is 0 Å². The van der Waals surface area contributed by atoms with Crippen molar-refractivity contribution in [3.63, 3.8) is 0 Å². The smallest absolute Gasteiger partial charge is 0.269 e. The van der Waals surface area contributed by atoms with Crippen LogP contribution in [0.1, 0.15) is 6.42 Å². The SMILES string of the molecule is CN(C)CCC(=O)N(C)c1ccc([N+](=O)[O-])cc1. The quantitative estimate of drug-likeness (QED) is 0.587. The van der Waals surface area contributed by atoms with E-state index in [0.29, 0.717) is 18.7 Å². The van der Waals surface area contributed by atoms with Crippen LogP contribution in [0.2, 0.25) is 0 Å². The van der Waals surface area contributed by atoms with Crippen LogP contribution in [0, 0.1) is 10.1 Å². The Morgan fingerprint density at radius 2 is 1.78 bits per heavy atom. The summed E-state index contributed by atoms with van der Waals surface area (Å²) in [5.74, 6) is -0.0162. The van der Waals surface area contributed by atoms with Gasteiger partial charge in [0.2, 0.25) is 5.91 Å². The summed E-state index contributed by atoms with van der Waals surface area (Å²) >= 11 is 0. The first kappa shape index (κ1) is 14.1. The number of carbonyl (C=O) groups is 1. The van der Waals surface area contributed by atoms with Crippen LogP contribution in [0.3, 0.4) is 0 Å². The molecular formula is C12H17N3O3. The highest BCUT2D eigenvalue weighted by Gasteiger charge is 2.12.